The van der Waals surface area contributed by atoms with Crippen molar-refractivity contribution in [3.63, 3.8) is 0 Å². The van der Waals surface area contributed by atoms with Crippen molar-refractivity contribution in [2.45, 2.75) is 58.6 Å². The molecule has 0 heterocycles. The first-order chi connectivity index (χ1) is 9.87. The Morgan fingerprint density at radius 2 is 1.67 bits per heavy atom. The monoisotopic (exact) mass is 291 g/mol. The maximum atomic E-state index is 11.7. The summed E-state index contributed by atoms with van der Waals surface area (Å²) in [5.74, 6) is -0.185. The quantitative estimate of drug-likeness (QED) is 0.620. The van der Waals surface area contributed by atoms with E-state index in [4.69, 9.17) is 4.74 Å². The summed E-state index contributed by atoms with van der Waals surface area (Å²) >= 11 is 0. The van der Waals surface area contributed by atoms with Crippen LogP contribution < -0.4 is 5.32 Å². The molecule has 1 amide bonds. The van der Waals surface area contributed by atoms with Crippen LogP contribution in [-0.2, 0) is 20.9 Å². The van der Waals surface area contributed by atoms with Crippen LogP contribution in [0, 0.1) is 0 Å². The number of carbonyl (C=O) groups is 2. The van der Waals surface area contributed by atoms with E-state index in [1.54, 1.807) is 0 Å². The molecule has 1 rings (SSSR count). The normalized spacial score (nSPS) is 11.0. The van der Waals surface area contributed by atoms with Gasteiger partial charge in [-0.15, -0.1) is 0 Å². The van der Waals surface area contributed by atoms with E-state index in [0.29, 0.717) is 32.2 Å². The summed E-state index contributed by atoms with van der Waals surface area (Å²) in [7, 11) is 0. The van der Waals surface area contributed by atoms with Crippen LogP contribution >= 0.6 is 0 Å². The van der Waals surface area contributed by atoms with Gasteiger partial charge in [0.15, 0.2) is 0 Å². The summed E-state index contributed by atoms with van der Waals surface area (Å²) in [6.45, 7) is 6.09. The molecular formula is C17H25NO3. The molecule has 0 spiro atoms. The largest absolute Gasteiger partial charge is 0.460 e. The fourth-order valence-corrected chi connectivity index (χ4v) is 1.83. The Bertz CT molecular complexity index is 449. The van der Waals surface area contributed by atoms with Gasteiger partial charge in [-0.1, -0.05) is 30.3 Å². The molecule has 0 aliphatic heterocycles. The third kappa shape index (κ3) is 8.84. The predicted octanol–water partition coefficient (Wildman–Crippen LogP) is 3.20. The standard InChI is InChI=1S/C17H25NO3/c1-17(2,3)21-16(20)12-8-7-11-15(19)18-13-14-9-5-4-6-10-14/h4-6,9-10H,7-8,11-13H2,1-3H3,(H,18,19). The minimum absolute atomic E-state index is 0.0167. The SMILES string of the molecule is CC(C)(C)OC(=O)CCCCC(=O)NCc1ccccc1. The number of rotatable bonds is 7. The van der Waals surface area contributed by atoms with E-state index >= 15 is 0 Å². The molecule has 1 aromatic rings. The zero-order chi connectivity index (χ0) is 15.7. The van der Waals surface area contributed by atoms with Crippen molar-refractivity contribution in [1.82, 2.24) is 5.32 Å². The highest BCUT2D eigenvalue weighted by Crippen LogP contribution is 2.10. The first-order valence-corrected chi connectivity index (χ1v) is 7.39. The van der Waals surface area contributed by atoms with Crippen LogP contribution in [0.15, 0.2) is 30.3 Å². The van der Waals surface area contributed by atoms with Gasteiger partial charge in [0.25, 0.3) is 0 Å². The van der Waals surface area contributed by atoms with Gasteiger partial charge in [0.05, 0.1) is 0 Å². The molecule has 0 saturated heterocycles. The molecule has 0 unspecified atom stereocenters. The number of ether oxygens (including phenoxy) is 1. The minimum Gasteiger partial charge on any atom is -0.460 e. The van der Waals surface area contributed by atoms with Crippen molar-refractivity contribution < 1.29 is 14.3 Å². The summed E-state index contributed by atoms with van der Waals surface area (Å²) in [6.07, 6.45) is 2.17. The molecule has 0 fully saturated rings. The highest BCUT2D eigenvalue weighted by molar-refractivity contribution is 5.76. The molecule has 0 aliphatic carbocycles. The molecule has 21 heavy (non-hydrogen) atoms. The van der Waals surface area contributed by atoms with Gasteiger partial charge in [0, 0.05) is 19.4 Å². The first-order valence-electron chi connectivity index (χ1n) is 7.39. The number of hydrogen-bond acceptors (Lipinski definition) is 3. The molecule has 0 bridgehead atoms. The van der Waals surface area contributed by atoms with Gasteiger partial charge in [-0.05, 0) is 39.2 Å². The summed E-state index contributed by atoms with van der Waals surface area (Å²) in [5.41, 5.74) is 0.643. The summed E-state index contributed by atoms with van der Waals surface area (Å²) < 4.78 is 5.21. The number of hydrogen-bond donors (Lipinski definition) is 1. The molecule has 1 N–H and O–H groups in total. The Morgan fingerprint density at radius 3 is 2.29 bits per heavy atom. The van der Waals surface area contributed by atoms with E-state index in [1.807, 2.05) is 51.1 Å². The van der Waals surface area contributed by atoms with E-state index < -0.39 is 5.60 Å². The van der Waals surface area contributed by atoms with Gasteiger partial charge >= 0.3 is 5.97 Å². The molecule has 0 saturated carbocycles. The van der Waals surface area contributed by atoms with E-state index in [-0.39, 0.29) is 11.9 Å². The Balaban J connectivity index is 2.10. The van der Waals surface area contributed by atoms with Crippen molar-refractivity contribution in [2.75, 3.05) is 0 Å². The van der Waals surface area contributed by atoms with Crippen LogP contribution in [0.5, 0.6) is 0 Å². The number of benzene rings is 1. The van der Waals surface area contributed by atoms with E-state index in [0.717, 1.165) is 5.56 Å². The summed E-state index contributed by atoms with van der Waals surface area (Å²) in [4.78, 5) is 23.2. The van der Waals surface area contributed by atoms with Crippen molar-refractivity contribution in [3.8, 4) is 0 Å². The van der Waals surface area contributed by atoms with Crippen molar-refractivity contribution in [2.24, 2.45) is 0 Å². The number of nitrogens with one attached hydrogen (secondary N) is 1. The number of unbranched alkanes of at least 4 members (excludes halogenated alkanes) is 1. The van der Waals surface area contributed by atoms with Gasteiger partial charge in [-0.25, -0.2) is 0 Å². The van der Waals surface area contributed by atoms with Crippen molar-refractivity contribution in [3.05, 3.63) is 35.9 Å². The van der Waals surface area contributed by atoms with Gasteiger partial charge in [-0.3, -0.25) is 9.59 Å². The van der Waals surface area contributed by atoms with Crippen molar-refractivity contribution in [1.29, 1.82) is 0 Å². The minimum atomic E-state index is -0.440. The molecule has 0 radical (unpaired) electrons. The van der Waals surface area contributed by atoms with Crippen LogP contribution in [0.2, 0.25) is 0 Å². The maximum absolute atomic E-state index is 11.7. The van der Waals surface area contributed by atoms with Crippen LogP contribution in [0.1, 0.15) is 52.0 Å². The Kier molecular flexibility index (Phi) is 6.92. The van der Waals surface area contributed by atoms with E-state index in [9.17, 15) is 9.59 Å². The fraction of sp³-hybridized carbons (Fsp3) is 0.529. The highest BCUT2D eigenvalue weighted by atomic mass is 16.6. The topological polar surface area (TPSA) is 55.4 Å². The number of amides is 1. The molecule has 116 valence electrons. The van der Waals surface area contributed by atoms with Gasteiger partial charge < -0.3 is 10.1 Å². The molecular weight excluding hydrogens is 266 g/mol. The Labute approximate surface area is 126 Å². The second kappa shape index (κ2) is 8.45. The number of esters is 1. The molecule has 1 aromatic carbocycles. The summed E-state index contributed by atoms with van der Waals surface area (Å²) in [6, 6.07) is 9.79. The predicted molar refractivity (Wildman–Crippen MR) is 82.6 cm³/mol. The number of carbonyl (C=O) groups excluding carboxylic acids is 2. The highest BCUT2D eigenvalue weighted by Gasteiger charge is 2.15. The third-order valence-electron chi connectivity index (χ3n) is 2.79. The molecule has 4 heteroatoms. The summed E-state index contributed by atoms with van der Waals surface area (Å²) in [5, 5.41) is 2.87. The zero-order valence-corrected chi connectivity index (χ0v) is 13.1. The molecule has 0 aromatic heterocycles. The second-order valence-corrected chi connectivity index (χ2v) is 6.06. The second-order valence-electron chi connectivity index (χ2n) is 6.06. The lowest BCUT2D eigenvalue weighted by atomic mass is 10.1. The van der Waals surface area contributed by atoms with Crippen LogP contribution in [-0.4, -0.2) is 17.5 Å². The third-order valence-corrected chi connectivity index (χ3v) is 2.79. The maximum Gasteiger partial charge on any atom is 0.306 e. The lowest BCUT2D eigenvalue weighted by Gasteiger charge is -2.19. The van der Waals surface area contributed by atoms with Gasteiger partial charge in [0.1, 0.15) is 5.60 Å². The van der Waals surface area contributed by atoms with Gasteiger partial charge in [0.2, 0.25) is 5.91 Å². The van der Waals surface area contributed by atoms with E-state index in [1.165, 1.54) is 0 Å². The smallest absolute Gasteiger partial charge is 0.306 e. The van der Waals surface area contributed by atoms with Crippen LogP contribution in [0.4, 0.5) is 0 Å². The zero-order valence-electron chi connectivity index (χ0n) is 13.1. The Hall–Kier alpha value is -1.84. The first kappa shape index (κ1) is 17.2. The lowest BCUT2D eigenvalue weighted by molar-refractivity contribution is -0.155. The van der Waals surface area contributed by atoms with Crippen molar-refractivity contribution >= 4 is 11.9 Å². The van der Waals surface area contributed by atoms with Gasteiger partial charge in [-0.2, -0.15) is 0 Å². The van der Waals surface area contributed by atoms with Crippen LogP contribution in [0.3, 0.4) is 0 Å². The molecule has 4 nitrogen and oxygen atoms in total. The lowest BCUT2D eigenvalue weighted by Crippen LogP contribution is -2.24. The Morgan fingerprint density at radius 1 is 1.05 bits per heavy atom. The molecule has 0 aliphatic rings. The average Bonchev–Trinajstić information content (AvgIpc) is 2.40. The van der Waals surface area contributed by atoms with Crippen LogP contribution in [0.25, 0.3) is 0 Å². The molecule has 0 atom stereocenters. The fourth-order valence-electron chi connectivity index (χ4n) is 1.83. The van der Waals surface area contributed by atoms with E-state index in [2.05, 4.69) is 5.32 Å². The average molecular weight is 291 g/mol.